The molecule has 1 aliphatic rings. The first kappa shape index (κ1) is 20.2. The fraction of sp³-hybridized carbons (Fsp3) is 0.364. The summed E-state index contributed by atoms with van der Waals surface area (Å²) < 4.78 is 5.25. The quantitative estimate of drug-likeness (QED) is 0.843. The van der Waals surface area contributed by atoms with Crippen molar-refractivity contribution in [1.82, 2.24) is 10.2 Å². The third kappa shape index (κ3) is 4.47. The van der Waals surface area contributed by atoms with Crippen LogP contribution in [0.4, 0.5) is 0 Å². The molecular formula is C22H25ClN2O3. The number of carbonyl (C=O) groups is 2. The van der Waals surface area contributed by atoms with E-state index in [0.717, 1.165) is 5.56 Å². The highest BCUT2D eigenvalue weighted by molar-refractivity contribution is 6.31. The van der Waals surface area contributed by atoms with Gasteiger partial charge in [-0.2, -0.15) is 0 Å². The number of carbonyl (C=O) groups excluding carboxylic acids is 2. The smallest absolute Gasteiger partial charge is 0.255 e. The van der Waals surface area contributed by atoms with E-state index in [1.165, 1.54) is 12.7 Å². The zero-order chi connectivity index (χ0) is 20.3. The van der Waals surface area contributed by atoms with Crippen molar-refractivity contribution in [3.63, 3.8) is 0 Å². The van der Waals surface area contributed by atoms with Gasteiger partial charge < -0.3 is 15.0 Å². The Morgan fingerprint density at radius 2 is 1.79 bits per heavy atom. The summed E-state index contributed by atoms with van der Waals surface area (Å²) in [6.45, 7) is 5.28. The molecule has 0 radical (unpaired) electrons. The third-order valence-electron chi connectivity index (χ3n) is 5.28. The Hall–Kier alpha value is -2.53. The van der Waals surface area contributed by atoms with Crippen LogP contribution in [0, 0.1) is 13.8 Å². The predicted octanol–water partition coefficient (Wildman–Crippen LogP) is 4.00. The number of ether oxygens (including phenoxy) is 1. The summed E-state index contributed by atoms with van der Waals surface area (Å²) >= 11 is 6.01. The first-order chi connectivity index (χ1) is 13.4. The molecule has 0 unspecified atom stereocenters. The number of hydrogen-bond acceptors (Lipinski definition) is 3. The molecule has 1 aliphatic heterocycles. The van der Waals surface area contributed by atoms with Crippen LogP contribution in [-0.2, 0) is 0 Å². The zero-order valence-corrected chi connectivity index (χ0v) is 17.2. The van der Waals surface area contributed by atoms with Crippen LogP contribution in [-0.4, -0.2) is 43.0 Å². The van der Waals surface area contributed by atoms with Crippen LogP contribution in [0.1, 0.15) is 44.7 Å². The number of nitrogens with zero attached hydrogens (tertiary/aromatic N) is 1. The molecule has 1 saturated heterocycles. The Kier molecular flexibility index (Phi) is 6.25. The molecule has 1 heterocycles. The molecule has 2 aromatic carbocycles. The highest BCUT2D eigenvalue weighted by Gasteiger charge is 2.25. The molecule has 2 amide bonds. The second-order valence-electron chi connectivity index (χ2n) is 7.18. The van der Waals surface area contributed by atoms with Gasteiger partial charge >= 0.3 is 0 Å². The van der Waals surface area contributed by atoms with E-state index in [1.807, 2.05) is 36.9 Å². The number of rotatable bonds is 4. The highest BCUT2D eigenvalue weighted by Crippen LogP contribution is 2.23. The summed E-state index contributed by atoms with van der Waals surface area (Å²) in [6, 6.07) is 10.8. The second-order valence-corrected chi connectivity index (χ2v) is 7.62. The van der Waals surface area contributed by atoms with E-state index < -0.39 is 0 Å². The second kappa shape index (κ2) is 8.65. The van der Waals surface area contributed by atoms with E-state index in [9.17, 15) is 9.59 Å². The monoisotopic (exact) mass is 400 g/mol. The lowest BCUT2D eigenvalue weighted by Crippen LogP contribution is -2.46. The normalized spacial score (nSPS) is 14.6. The first-order valence-electron chi connectivity index (χ1n) is 9.40. The van der Waals surface area contributed by atoms with Crippen LogP contribution in [0.5, 0.6) is 5.75 Å². The SMILES string of the molecule is COc1ccc(Cl)cc1C(=O)NC1CCN(C(=O)c2ccc(C)c(C)c2)CC1. The van der Waals surface area contributed by atoms with Crippen molar-refractivity contribution in [1.29, 1.82) is 0 Å². The highest BCUT2D eigenvalue weighted by atomic mass is 35.5. The lowest BCUT2D eigenvalue weighted by molar-refractivity contribution is 0.0698. The molecule has 1 fully saturated rings. The molecule has 148 valence electrons. The van der Waals surface area contributed by atoms with Gasteiger partial charge in [-0.05, 0) is 68.1 Å². The summed E-state index contributed by atoms with van der Waals surface area (Å²) in [7, 11) is 1.52. The lowest BCUT2D eigenvalue weighted by Gasteiger charge is -2.32. The van der Waals surface area contributed by atoms with Crippen molar-refractivity contribution in [3.8, 4) is 5.75 Å². The largest absolute Gasteiger partial charge is 0.496 e. The predicted molar refractivity (Wildman–Crippen MR) is 110 cm³/mol. The average Bonchev–Trinajstić information content (AvgIpc) is 2.70. The summed E-state index contributed by atoms with van der Waals surface area (Å²) in [5.74, 6) is 0.326. The zero-order valence-electron chi connectivity index (χ0n) is 16.4. The van der Waals surface area contributed by atoms with Gasteiger partial charge in [-0.15, -0.1) is 0 Å². The molecule has 0 atom stereocenters. The van der Waals surface area contributed by atoms with E-state index in [0.29, 0.717) is 47.8 Å². The molecule has 0 spiro atoms. The summed E-state index contributed by atoms with van der Waals surface area (Å²) in [4.78, 5) is 27.2. The Morgan fingerprint density at radius 1 is 1.07 bits per heavy atom. The Bertz CT molecular complexity index is 889. The van der Waals surface area contributed by atoms with Gasteiger partial charge in [-0.25, -0.2) is 0 Å². The van der Waals surface area contributed by atoms with Gasteiger partial charge in [0.1, 0.15) is 5.75 Å². The Balaban J connectivity index is 1.59. The minimum Gasteiger partial charge on any atom is -0.496 e. The number of hydrogen-bond donors (Lipinski definition) is 1. The van der Waals surface area contributed by atoms with Gasteiger partial charge in [0.2, 0.25) is 0 Å². The maximum absolute atomic E-state index is 12.7. The number of likely N-dealkylation sites (tertiary alicyclic amines) is 1. The molecule has 0 bridgehead atoms. The van der Waals surface area contributed by atoms with Crippen molar-refractivity contribution in [2.45, 2.75) is 32.7 Å². The van der Waals surface area contributed by atoms with Crippen molar-refractivity contribution in [2.24, 2.45) is 0 Å². The van der Waals surface area contributed by atoms with Crippen LogP contribution >= 0.6 is 11.6 Å². The summed E-state index contributed by atoms with van der Waals surface area (Å²) in [5.41, 5.74) is 3.43. The van der Waals surface area contributed by atoms with Gasteiger partial charge in [0.05, 0.1) is 12.7 Å². The third-order valence-corrected chi connectivity index (χ3v) is 5.51. The average molecular weight is 401 g/mol. The topological polar surface area (TPSA) is 58.6 Å². The number of halogens is 1. The number of methoxy groups -OCH3 is 1. The molecule has 6 heteroatoms. The van der Waals surface area contributed by atoms with E-state index >= 15 is 0 Å². The van der Waals surface area contributed by atoms with Gasteiger partial charge in [0, 0.05) is 29.7 Å². The molecule has 5 nitrogen and oxygen atoms in total. The van der Waals surface area contributed by atoms with Crippen molar-refractivity contribution >= 4 is 23.4 Å². The van der Waals surface area contributed by atoms with Gasteiger partial charge in [-0.3, -0.25) is 9.59 Å². The van der Waals surface area contributed by atoms with Crippen LogP contribution < -0.4 is 10.1 Å². The Labute approximate surface area is 170 Å². The van der Waals surface area contributed by atoms with Gasteiger partial charge in [-0.1, -0.05) is 17.7 Å². The lowest BCUT2D eigenvalue weighted by atomic mass is 10.0. The number of benzene rings is 2. The number of nitrogens with one attached hydrogen (secondary N) is 1. The van der Waals surface area contributed by atoms with E-state index in [2.05, 4.69) is 5.32 Å². The van der Waals surface area contributed by atoms with E-state index in [-0.39, 0.29) is 17.9 Å². The molecule has 3 rings (SSSR count). The van der Waals surface area contributed by atoms with Gasteiger partial charge in [0.15, 0.2) is 0 Å². The molecule has 0 saturated carbocycles. The maximum Gasteiger partial charge on any atom is 0.255 e. The van der Waals surface area contributed by atoms with Crippen molar-refractivity contribution in [2.75, 3.05) is 20.2 Å². The number of piperidine rings is 1. The fourth-order valence-corrected chi connectivity index (χ4v) is 3.58. The first-order valence-corrected chi connectivity index (χ1v) is 9.77. The summed E-state index contributed by atoms with van der Waals surface area (Å²) in [6.07, 6.45) is 1.43. The maximum atomic E-state index is 12.7. The standard InChI is InChI=1S/C22H25ClN2O3/c1-14-4-5-16(12-15(14)2)22(27)25-10-8-18(9-11-25)24-21(26)19-13-17(23)6-7-20(19)28-3/h4-7,12-13,18H,8-11H2,1-3H3,(H,24,26). The van der Waals surface area contributed by atoms with Crippen LogP contribution in [0.25, 0.3) is 0 Å². The minimum absolute atomic E-state index is 0.0139. The van der Waals surface area contributed by atoms with Crippen molar-refractivity contribution in [3.05, 3.63) is 63.7 Å². The van der Waals surface area contributed by atoms with Crippen LogP contribution in [0.15, 0.2) is 36.4 Å². The van der Waals surface area contributed by atoms with Crippen LogP contribution in [0.3, 0.4) is 0 Å². The molecular weight excluding hydrogens is 376 g/mol. The Morgan fingerprint density at radius 3 is 2.43 bits per heavy atom. The fourth-order valence-electron chi connectivity index (χ4n) is 3.40. The molecule has 0 aliphatic carbocycles. The van der Waals surface area contributed by atoms with E-state index in [1.54, 1.807) is 18.2 Å². The van der Waals surface area contributed by atoms with Crippen molar-refractivity contribution < 1.29 is 14.3 Å². The van der Waals surface area contributed by atoms with Crippen LogP contribution in [0.2, 0.25) is 5.02 Å². The number of aryl methyl sites for hydroxylation is 2. The molecule has 2 aromatic rings. The summed E-state index contributed by atoms with van der Waals surface area (Å²) in [5, 5.41) is 3.52. The molecule has 0 aromatic heterocycles. The minimum atomic E-state index is -0.210. The van der Waals surface area contributed by atoms with Gasteiger partial charge in [0.25, 0.3) is 11.8 Å². The van der Waals surface area contributed by atoms with E-state index in [4.69, 9.17) is 16.3 Å². The molecule has 28 heavy (non-hydrogen) atoms. The number of amides is 2. The molecule has 1 N–H and O–H groups in total.